The van der Waals surface area contributed by atoms with Gasteiger partial charge in [-0.3, -0.25) is 4.79 Å². The highest BCUT2D eigenvalue weighted by atomic mass is 35.5. The van der Waals surface area contributed by atoms with Gasteiger partial charge in [-0.1, -0.05) is 23.8 Å². The summed E-state index contributed by atoms with van der Waals surface area (Å²) in [6.07, 6.45) is 7.43. The van der Waals surface area contributed by atoms with Crippen molar-refractivity contribution in [3.63, 3.8) is 0 Å². The van der Waals surface area contributed by atoms with Gasteiger partial charge in [-0.2, -0.15) is 16.8 Å². The lowest BCUT2D eigenvalue weighted by Gasteiger charge is -2.23. The molecule has 1 amide bonds. The normalized spacial score (nSPS) is 26.8. The Morgan fingerprint density at radius 2 is 2.15 bits per heavy atom. The number of carbonyl (C=O) groups is 1. The molecule has 0 radical (unpaired) electrons. The number of aliphatic imine (C=N–C) groups is 2. The van der Waals surface area contributed by atoms with Gasteiger partial charge in [0, 0.05) is 18.5 Å². The largest absolute Gasteiger partial charge is 0.381 e. The topological polar surface area (TPSA) is 51.0 Å². The van der Waals surface area contributed by atoms with Crippen molar-refractivity contribution in [1.29, 1.82) is 0 Å². The molecule has 0 bridgehead atoms. The van der Waals surface area contributed by atoms with Crippen LogP contribution in [0.2, 0.25) is 0 Å². The van der Waals surface area contributed by atoms with Crippen LogP contribution in [-0.2, 0) is 9.53 Å². The van der Waals surface area contributed by atoms with Gasteiger partial charge in [0.05, 0.1) is 16.5 Å². The van der Waals surface area contributed by atoms with Gasteiger partial charge < -0.3 is 4.74 Å². The molecule has 3 aliphatic rings. The fraction of sp³-hybridized carbons (Fsp3) is 0.500. The Balaban J connectivity index is 1.67. The molecule has 1 atom stereocenters. The fourth-order valence-corrected chi connectivity index (χ4v) is 3.63. The monoisotopic (exact) mass is 310 g/mol. The van der Waals surface area contributed by atoms with Crippen LogP contribution in [0.5, 0.6) is 0 Å². The van der Waals surface area contributed by atoms with E-state index in [-0.39, 0.29) is 5.91 Å². The van der Waals surface area contributed by atoms with E-state index in [4.69, 9.17) is 16.3 Å². The Morgan fingerprint density at radius 1 is 1.35 bits per heavy atom. The lowest BCUT2D eigenvalue weighted by atomic mass is 9.96. The summed E-state index contributed by atoms with van der Waals surface area (Å²) in [5.41, 5.74) is 0.636. The van der Waals surface area contributed by atoms with Crippen molar-refractivity contribution in [2.45, 2.75) is 18.1 Å². The van der Waals surface area contributed by atoms with Gasteiger partial charge in [-0.25, -0.2) is 4.99 Å². The third-order valence-corrected chi connectivity index (χ3v) is 5.14. The number of amidine groups is 1. The smallest absolute Gasteiger partial charge is 0.260 e. The molecule has 0 aromatic rings. The Hall–Kier alpha value is -0.910. The van der Waals surface area contributed by atoms with Gasteiger partial charge in [0.15, 0.2) is 0 Å². The quantitative estimate of drug-likeness (QED) is 0.805. The zero-order valence-corrected chi connectivity index (χ0v) is 12.5. The van der Waals surface area contributed by atoms with Crippen LogP contribution in [0, 0.1) is 5.92 Å². The number of rotatable bonds is 3. The summed E-state index contributed by atoms with van der Waals surface area (Å²) in [7, 11) is 0. The van der Waals surface area contributed by atoms with E-state index in [0.717, 1.165) is 26.1 Å². The lowest BCUT2D eigenvalue weighted by Crippen LogP contribution is -2.29. The molecule has 1 aliphatic carbocycles. The maximum Gasteiger partial charge on any atom is 0.260 e. The number of carbonyl (C=O) groups excluding carboxylic acids is 1. The number of fused-ring (bicyclic) bond motifs is 1. The van der Waals surface area contributed by atoms with E-state index in [2.05, 4.69) is 9.98 Å². The average molecular weight is 311 g/mol. The van der Waals surface area contributed by atoms with Gasteiger partial charge in [-0.15, -0.1) is 0 Å². The SMILES string of the molecule is O=C1N=C(CSC2CCOCC2)N=C2C(Cl)=CC=CC12. The van der Waals surface area contributed by atoms with Crippen LogP contribution < -0.4 is 0 Å². The molecule has 0 aromatic carbocycles. The number of halogens is 1. The first-order valence-corrected chi connectivity index (χ1v) is 8.10. The number of allylic oxidation sites excluding steroid dienone is 3. The third-order valence-electron chi connectivity index (χ3n) is 3.46. The predicted molar refractivity (Wildman–Crippen MR) is 82.7 cm³/mol. The van der Waals surface area contributed by atoms with Crippen molar-refractivity contribution in [2.24, 2.45) is 15.9 Å². The van der Waals surface area contributed by atoms with Crippen LogP contribution in [0.3, 0.4) is 0 Å². The van der Waals surface area contributed by atoms with Gasteiger partial charge in [0.2, 0.25) is 0 Å². The molecule has 20 heavy (non-hydrogen) atoms. The zero-order valence-electron chi connectivity index (χ0n) is 10.9. The highest BCUT2D eigenvalue weighted by Gasteiger charge is 2.30. The van der Waals surface area contributed by atoms with Crippen molar-refractivity contribution < 1.29 is 9.53 Å². The van der Waals surface area contributed by atoms with Crippen molar-refractivity contribution in [2.75, 3.05) is 19.0 Å². The highest BCUT2D eigenvalue weighted by Crippen LogP contribution is 2.26. The van der Waals surface area contributed by atoms with Crippen molar-refractivity contribution in [3.8, 4) is 0 Å². The van der Waals surface area contributed by atoms with Crippen LogP contribution >= 0.6 is 23.4 Å². The first-order valence-electron chi connectivity index (χ1n) is 6.68. The Kier molecular flexibility index (Phi) is 4.38. The van der Waals surface area contributed by atoms with E-state index in [9.17, 15) is 4.79 Å². The molecule has 106 valence electrons. The molecule has 4 nitrogen and oxygen atoms in total. The molecule has 0 aromatic heterocycles. The van der Waals surface area contributed by atoms with Gasteiger partial charge >= 0.3 is 0 Å². The number of ether oxygens (including phenoxy) is 1. The summed E-state index contributed by atoms with van der Waals surface area (Å²) in [4.78, 5) is 20.5. The number of thioether (sulfide) groups is 1. The number of nitrogens with zero attached hydrogens (tertiary/aromatic N) is 2. The van der Waals surface area contributed by atoms with Crippen LogP contribution in [0.25, 0.3) is 0 Å². The molecule has 1 saturated heterocycles. The Labute approximate surface area is 127 Å². The summed E-state index contributed by atoms with van der Waals surface area (Å²) in [5, 5.41) is 1.10. The summed E-state index contributed by atoms with van der Waals surface area (Å²) in [6.45, 7) is 1.64. The second-order valence-corrected chi connectivity index (χ2v) is 6.56. The molecule has 1 fully saturated rings. The second-order valence-electron chi connectivity index (χ2n) is 4.86. The molecule has 0 saturated carbocycles. The highest BCUT2D eigenvalue weighted by molar-refractivity contribution is 8.00. The van der Waals surface area contributed by atoms with Crippen LogP contribution in [0.1, 0.15) is 12.8 Å². The molecular formula is C14H15ClN2O2S. The van der Waals surface area contributed by atoms with E-state index < -0.39 is 5.92 Å². The minimum Gasteiger partial charge on any atom is -0.381 e. The maximum absolute atomic E-state index is 12.0. The van der Waals surface area contributed by atoms with Crippen LogP contribution in [0.15, 0.2) is 33.2 Å². The Morgan fingerprint density at radius 3 is 2.95 bits per heavy atom. The Bertz CT molecular complexity index is 533. The van der Waals surface area contributed by atoms with E-state index in [1.165, 1.54) is 0 Å². The number of amides is 1. The molecule has 2 aliphatic heterocycles. The molecule has 0 spiro atoms. The summed E-state index contributed by atoms with van der Waals surface area (Å²) >= 11 is 7.91. The van der Waals surface area contributed by atoms with Gasteiger partial charge in [0.1, 0.15) is 11.8 Å². The van der Waals surface area contributed by atoms with Crippen LogP contribution in [-0.4, -0.2) is 41.7 Å². The first-order chi connectivity index (χ1) is 9.74. The lowest BCUT2D eigenvalue weighted by molar-refractivity contribution is -0.118. The fourth-order valence-electron chi connectivity index (χ4n) is 2.36. The van der Waals surface area contributed by atoms with Gasteiger partial charge in [-0.05, 0) is 18.9 Å². The summed E-state index contributed by atoms with van der Waals surface area (Å²) < 4.78 is 5.34. The zero-order chi connectivity index (χ0) is 13.9. The maximum atomic E-state index is 12.0. The van der Waals surface area contributed by atoms with Crippen molar-refractivity contribution in [3.05, 3.63) is 23.3 Å². The third kappa shape index (κ3) is 3.05. The summed E-state index contributed by atoms with van der Waals surface area (Å²) in [5.74, 6) is 0.671. The molecule has 2 heterocycles. The first kappa shape index (κ1) is 14.0. The molecule has 0 N–H and O–H groups in total. The number of hydrogen-bond acceptors (Lipinski definition) is 4. The van der Waals surface area contributed by atoms with Crippen molar-refractivity contribution in [1.82, 2.24) is 0 Å². The average Bonchev–Trinajstić information content (AvgIpc) is 2.47. The standard InChI is InChI=1S/C14H15ClN2O2S/c15-11-3-1-2-10-13(11)16-12(17-14(10)18)8-20-9-4-6-19-7-5-9/h1-3,9-10H,4-8H2. The second kappa shape index (κ2) is 6.24. The van der Waals surface area contributed by atoms with Gasteiger partial charge in [0.25, 0.3) is 5.91 Å². The van der Waals surface area contributed by atoms with E-state index >= 15 is 0 Å². The molecular weight excluding hydrogens is 296 g/mol. The summed E-state index contributed by atoms with van der Waals surface area (Å²) in [6, 6.07) is 0. The minimum atomic E-state index is -0.399. The van der Waals surface area contributed by atoms with E-state index in [1.54, 1.807) is 30.0 Å². The molecule has 3 rings (SSSR count). The minimum absolute atomic E-state index is 0.167. The van der Waals surface area contributed by atoms with E-state index in [0.29, 0.717) is 27.6 Å². The molecule has 1 unspecified atom stereocenters. The predicted octanol–water partition coefficient (Wildman–Crippen LogP) is 2.59. The van der Waals surface area contributed by atoms with Crippen LogP contribution in [0.4, 0.5) is 0 Å². The van der Waals surface area contributed by atoms with Crippen molar-refractivity contribution >= 4 is 40.8 Å². The number of hydrogen-bond donors (Lipinski definition) is 0. The van der Waals surface area contributed by atoms with E-state index in [1.807, 2.05) is 0 Å². The molecule has 6 heteroatoms.